The monoisotopic (exact) mass is 341 g/mol. The van der Waals surface area contributed by atoms with E-state index in [9.17, 15) is 4.39 Å². The molecule has 0 N–H and O–H groups in total. The first kappa shape index (κ1) is 15.9. The third kappa shape index (κ3) is 3.18. The first-order valence-electron chi connectivity index (χ1n) is 8.52. The Morgan fingerprint density at radius 1 is 1.24 bits per heavy atom. The number of alkyl halides is 1. The summed E-state index contributed by atoms with van der Waals surface area (Å²) in [6, 6.07) is 3.80. The van der Waals surface area contributed by atoms with Gasteiger partial charge in [0.25, 0.3) is 0 Å². The fourth-order valence-corrected chi connectivity index (χ4v) is 3.16. The summed E-state index contributed by atoms with van der Waals surface area (Å²) < 4.78 is 19.2. The smallest absolute Gasteiger partial charge is 0.214 e. The van der Waals surface area contributed by atoms with Crippen molar-refractivity contribution in [1.82, 2.24) is 15.0 Å². The SMILES string of the molecule is CC(C)Oc1cc2c(cn1)CN=C2c1cc(N2CC[C@@H](F)C2)ncn1. The Bertz CT molecular complexity index is 823. The van der Waals surface area contributed by atoms with Gasteiger partial charge in [0.1, 0.15) is 18.3 Å². The molecule has 0 aliphatic carbocycles. The summed E-state index contributed by atoms with van der Waals surface area (Å²) in [5.74, 6) is 1.33. The average molecular weight is 341 g/mol. The van der Waals surface area contributed by atoms with Crippen LogP contribution < -0.4 is 9.64 Å². The van der Waals surface area contributed by atoms with Crippen molar-refractivity contribution < 1.29 is 9.13 Å². The Labute approximate surface area is 145 Å². The van der Waals surface area contributed by atoms with Gasteiger partial charge in [0.15, 0.2) is 0 Å². The van der Waals surface area contributed by atoms with Gasteiger partial charge in [-0.15, -0.1) is 0 Å². The highest BCUT2D eigenvalue weighted by atomic mass is 19.1. The zero-order valence-electron chi connectivity index (χ0n) is 14.3. The molecular formula is C18H20FN5O. The van der Waals surface area contributed by atoms with Crippen LogP contribution in [0.4, 0.5) is 10.2 Å². The van der Waals surface area contributed by atoms with Crippen LogP contribution in [0.25, 0.3) is 0 Å². The lowest BCUT2D eigenvalue weighted by Crippen LogP contribution is -2.21. The van der Waals surface area contributed by atoms with Crippen LogP contribution in [-0.2, 0) is 6.54 Å². The second-order valence-electron chi connectivity index (χ2n) is 6.60. The molecule has 4 heterocycles. The van der Waals surface area contributed by atoms with E-state index in [1.807, 2.05) is 30.9 Å². The van der Waals surface area contributed by atoms with E-state index in [-0.39, 0.29) is 6.10 Å². The van der Waals surface area contributed by atoms with Crippen molar-refractivity contribution in [3.05, 3.63) is 41.5 Å². The normalized spacial score (nSPS) is 19.3. The second kappa shape index (κ2) is 6.38. The Balaban J connectivity index is 1.64. The molecular weight excluding hydrogens is 321 g/mol. The van der Waals surface area contributed by atoms with Crippen LogP contribution in [-0.4, -0.2) is 46.0 Å². The van der Waals surface area contributed by atoms with Crippen LogP contribution in [0, 0.1) is 0 Å². The number of hydrogen-bond donors (Lipinski definition) is 0. The number of aliphatic imine (C=N–C) groups is 1. The maximum absolute atomic E-state index is 13.5. The van der Waals surface area contributed by atoms with Gasteiger partial charge >= 0.3 is 0 Å². The number of aromatic nitrogens is 3. The van der Waals surface area contributed by atoms with Gasteiger partial charge in [0.2, 0.25) is 5.88 Å². The van der Waals surface area contributed by atoms with Crippen molar-refractivity contribution in [3.63, 3.8) is 0 Å². The minimum atomic E-state index is -0.787. The highest BCUT2D eigenvalue weighted by Crippen LogP contribution is 2.27. The van der Waals surface area contributed by atoms with Gasteiger partial charge in [-0.25, -0.2) is 19.3 Å². The molecule has 2 aromatic heterocycles. The molecule has 7 heteroatoms. The first-order valence-corrected chi connectivity index (χ1v) is 8.52. The van der Waals surface area contributed by atoms with Crippen molar-refractivity contribution in [2.75, 3.05) is 18.0 Å². The maximum Gasteiger partial charge on any atom is 0.214 e. The molecule has 1 saturated heterocycles. The van der Waals surface area contributed by atoms with Crippen LogP contribution in [0.3, 0.4) is 0 Å². The first-order chi connectivity index (χ1) is 12.1. The molecule has 2 aromatic rings. The Hall–Kier alpha value is -2.57. The van der Waals surface area contributed by atoms with Crippen LogP contribution in [0.1, 0.15) is 37.1 Å². The third-order valence-electron chi connectivity index (χ3n) is 4.33. The third-order valence-corrected chi connectivity index (χ3v) is 4.33. The largest absolute Gasteiger partial charge is 0.475 e. The van der Waals surface area contributed by atoms with E-state index in [4.69, 9.17) is 4.74 Å². The number of anilines is 1. The Morgan fingerprint density at radius 3 is 2.88 bits per heavy atom. The lowest BCUT2D eigenvalue weighted by molar-refractivity contribution is 0.232. The quantitative estimate of drug-likeness (QED) is 0.855. The second-order valence-corrected chi connectivity index (χ2v) is 6.60. The van der Waals surface area contributed by atoms with E-state index in [1.54, 1.807) is 6.20 Å². The van der Waals surface area contributed by atoms with Crippen LogP contribution in [0.5, 0.6) is 5.88 Å². The predicted octanol–water partition coefficient (Wildman–Crippen LogP) is 2.56. The molecule has 2 aliphatic heterocycles. The molecule has 1 atom stereocenters. The average Bonchev–Trinajstić information content (AvgIpc) is 3.20. The summed E-state index contributed by atoms with van der Waals surface area (Å²) in [5.41, 5.74) is 3.59. The molecule has 0 aromatic carbocycles. The Kier molecular flexibility index (Phi) is 4.07. The van der Waals surface area contributed by atoms with Gasteiger partial charge in [0, 0.05) is 36.0 Å². The van der Waals surface area contributed by atoms with E-state index < -0.39 is 6.17 Å². The molecule has 4 rings (SSSR count). The topological polar surface area (TPSA) is 63.5 Å². The fraction of sp³-hybridized carbons (Fsp3) is 0.444. The highest BCUT2D eigenvalue weighted by molar-refractivity contribution is 6.14. The van der Waals surface area contributed by atoms with Gasteiger partial charge in [-0.05, 0) is 20.3 Å². The standard InChI is InChI=1S/C18H20FN5O/c1-11(2)25-17-5-14-12(7-20-17)8-21-18(14)15-6-16(23-10-22-15)24-4-3-13(19)9-24/h5-7,10-11,13H,3-4,8-9H2,1-2H3/t13-/m1/s1. The number of halogens is 1. The van der Waals surface area contributed by atoms with Crippen molar-refractivity contribution in [2.24, 2.45) is 4.99 Å². The molecule has 130 valence electrons. The number of ether oxygens (including phenoxy) is 1. The molecule has 0 bridgehead atoms. The summed E-state index contributed by atoms with van der Waals surface area (Å²) in [6.07, 6.45) is 3.14. The van der Waals surface area contributed by atoms with Crippen LogP contribution in [0.2, 0.25) is 0 Å². The molecule has 0 unspecified atom stereocenters. The summed E-state index contributed by atoms with van der Waals surface area (Å²) >= 11 is 0. The molecule has 25 heavy (non-hydrogen) atoms. The zero-order valence-corrected chi connectivity index (χ0v) is 14.3. The number of nitrogens with zero attached hydrogens (tertiary/aromatic N) is 5. The van der Waals surface area contributed by atoms with Crippen LogP contribution in [0.15, 0.2) is 29.6 Å². The van der Waals surface area contributed by atoms with E-state index >= 15 is 0 Å². The lowest BCUT2D eigenvalue weighted by Gasteiger charge is -2.16. The van der Waals surface area contributed by atoms with Crippen molar-refractivity contribution in [3.8, 4) is 5.88 Å². The van der Waals surface area contributed by atoms with Gasteiger partial charge in [-0.2, -0.15) is 0 Å². The number of hydrogen-bond acceptors (Lipinski definition) is 6. The minimum Gasteiger partial charge on any atom is -0.475 e. The van der Waals surface area contributed by atoms with Gasteiger partial charge < -0.3 is 9.64 Å². The molecule has 2 aliphatic rings. The molecule has 0 saturated carbocycles. The Morgan fingerprint density at radius 2 is 2.12 bits per heavy atom. The molecule has 6 nitrogen and oxygen atoms in total. The zero-order chi connectivity index (χ0) is 17.4. The van der Waals surface area contributed by atoms with Crippen LogP contribution >= 0.6 is 0 Å². The van der Waals surface area contributed by atoms with E-state index in [0.29, 0.717) is 31.9 Å². The summed E-state index contributed by atoms with van der Waals surface area (Å²) in [7, 11) is 0. The fourth-order valence-electron chi connectivity index (χ4n) is 3.16. The van der Waals surface area contributed by atoms with E-state index in [1.165, 1.54) is 6.33 Å². The van der Waals surface area contributed by atoms with Crippen molar-refractivity contribution >= 4 is 11.5 Å². The predicted molar refractivity (Wildman–Crippen MR) is 93.1 cm³/mol. The van der Waals surface area contributed by atoms with E-state index in [2.05, 4.69) is 19.9 Å². The highest BCUT2D eigenvalue weighted by Gasteiger charge is 2.25. The number of pyridine rings is 1. The summed E-state index contributed by atoms with van der Waals surface area (Å²) in [6.45, 7) is 5.58. The van der Waals surface area contributed by atoms with Gasteiger partial charge in [0.05, 0.1) is 30.6 Å². The minimum absolute atomic E-state index is 0.0572. The van der Waals surface area contributed by atoms with Crippen molar-refractivity contribution in [2.45, 2.75) is 39.1 Å². The lowest BCUT2D eigenvalue weighted by atomic mass is 10.1. The van der Waals surface area contributed by atoms with Gasteiger partial charge in [-0.1, -0.05) is 0 Å². The van der Waals surface area contributed by atoms with Crippen molar-refractivity contribution in [1.29, 1.82) is 0 Å². The van der Waals surface area contributed by atoms with Gasteiger partial charge in [-0.3, -0.25) is 4.99 Å². The number of rotatable bonds is 4. The van der Waals surface area contributed by atoms with E-state index in [0.717, 1.165) is 28.4 Å². The summed E-state index contributed by atoms with van der Waals surface area (Å²) in [4.78, 5) is 19.6. The molecule has 0 amide bonds. The maximum atomic E-state index is 13.5. The molecule has 0 radical (unpaired) electrons. The summed E-state index contributed by atoms with van der Waals surface area (Å²) in [5, 5.41) is 0. The molecule has 0 spiro atoms. The number of fused-ring (bicyclic) bond motifs is 1. The molecule has 1 fully saturated rings.